The maximum Gasteiger partial charge on any atom is 0.0418 e. The second kappa shape index (κ2) is 1.61. The van der Waals surface area contributed by atoms with Crippen molar-refractivity contribution in [3.05, 3.63) is 46.6 Å². The molecule has 1 heteroatoms. The fourth-order valence-electron chi connectivity index (χ4n) is 1.05. The number of hydrogen-bond acceptors (Lipinski definition) is 0. The summed E-state index contributed by atoms with van der Waals surface area (Å²) in [6.45, 7) is 0. The molecule has 0 bridgehead atoms. The van der Waals surface area contributed by atoms with Crippen LogP contribution in [0.5, 0.6) is 0 Å². The third-order valence-corrected chi connectivity index (χ3v) is 1.69. The summed E-state index contributed by atoms with van der Waals surface area (Å²) in [6.07, 6.45) is 10.1. The Hall–Kier alpha value is -0.750. The maximum absolute atomic E-state index is 5.72. The second-order valence-corrected chi connectivity index (χ2v) is 2.55. The van der Waals surface area contributed by atoms with Gasteiger partial charge >= 0.3 is 0 Å². The van der Waals surface area contributed by atoms with E-state index in [1.54, 1.807) is 0 Å². The van der Waals surface area contributed by atoms with E-state index in [-0.39, 0.29) is 0 Å². The number of hydrogen-bond donors (Lipinski definition) is 0. The van der Waals surface area contributed by atoms with Crippen LogP contribution >= 0.6 is 11.6 Å². The summed E-state index contributed by atoms with van der Waals surface area (Å²) in [6, 6.07) is 0. The highest BCUT2D eigenvalue weighted by molar-refractivity contribution is 6.32. The summed E-state index contributed by atoms with van der Waals surface area (Å²) >= 11 is 5.72. The Morgan fingerprint density at radius 3 is 2.78 bits per heavy atom. The van der Waals surface area contributed by atoms with Gasteiger partial charge in [0.1, 0.15) is 0 Å². The highest BCUT2D eigenvalue weighted by Crippen LogP contribution is 2.29. The Labute approximate surface area is 58.8 Å². The van der Waals surface area contributed by atoms with Crippen molar-refractivity contribution >= 4 is 11.6 Å². The molecule has 0 saturated heterocycles. The summed E-state index contributed by atoms with van der Waals surface area (Å²) in [5.41, 5.74) is 2.47. The largest absolute Gasteiger partial charge is 0.0843 e. The Morgan fingerprint density at radius 1 is 1.11 bits per heavy atom. The van der Waals surface area contributed by atoms with Gasteiger partial charge in [0.15, 0.2) is 0 Å². The molecule has 0 heterocycles. The normalized spacial score (nSPS) is 21.2. The quantitative estimate of drug-likeness (QED) is 0.480. The van der Waals surface area contributed by atoms with Gasteiger partial charge in [-0.05, 0) is 23.3 Å². The molecule has 0 saturated carbocycles. The fraction of sp³-hybridized carbons (Fsp3) is 0. The number of allylic oxidation sites excluding steroid dienone is 8. The van der Waals surface area contributed by atoms with E-state index in [9.17, 15) is 0 Å². The van der Waals surface area contributed by atoms with Crippen LogP contribution in [0.2, 0.25) is 0 Å². The number of halogens is 1. The van der Waals surface area contributed by atoms with Gasteiger partial charge in [0.05, 0.1) is 0 Å². The molecule has 2 rings (SSSR count). The van der Waals surface area contributed by atoms with Crippen molar-refractivity contribution in [1.82, 2.24) is 0 Å². The van der Waals surface area contributed by atoms with Crippen LogP contribution in [0.15, 0.2) is 46.6 Å². The first kappa shape index (κ1) is 5.07. The summed E-state index contributed by atoms with van der Waals surface area (Å²) in [5.74, 6) is 0. The lowest BCUT2D eigenvalue weighted by atomic mass is 10.2. The molecule has 0 radical (unpaired) electrons. The van der Waals surface area contributed by atoms with E-state index >= 15 is 0 Å². The monoisotopic (exact) mass is 136 g/mol. The smallest absolute Gasteiger partial charge is 0.0418 e. The van der Waals surface area contributed by atoms with Gasteiger partial charge in [0, 0.05) is 5.03 Å². The highest BCUT2D eigenvalue weighted by atomic mass is 35.5. The molecule has 0 amide bonds. The summed E-state index contributed by atoms with van der Waals surface area (Å²) < 4.78 is 0. The first-order valence-corrected chi connectivity index (χ1v) is 3.22. The summed E-state index contributed by atoms with van der Waals surface area (Å²) in [7, 11) is 0. The van der Waals surface area contributed by atoms with Crippen molar-refractivity contribution < 1.29 is 0 Å². The number of fused-ring (bicyclic) bond motifs is 1. The third-order valence-electron chi connectivity index (χ3n) is 1.47. The van der Waals surface area contributed by atoms with Crippen molar-refractivity contribution in [2.75, 3.05) is 0 Å². The molecule has 0 aliphatic heterocycles. The van der Waals surface area contributed by atoms with Crippen molar-refractivity contribution in [3.63, 3.8) is 0 Å². The van der Waals surface area contributed by atoms with E-state index in [1.807, 2.05) is 18.2 Å². The predicted octanol–water partition coefficient (Wildman–Crippen LogP) is 2.55. The van der Waals surface area contributed by atoms with E-state index in [0.717, 1.165) is 5.03 Å². The van der Waals surface area contributed by atoms with E-state index in [1.165, 1.54) is 11.1 Å². The Balaban J connectivity index is 2.53. The van der Waals surface area contributed by atoms with E-state index in [0.29, 0.717) is 0 Å². The van der Waals surface area contributed by atoms with Gasteiger partial charge in [0.25, 0.3) is 0 Å². The molecule has 9 heavy (non-hydrogen) atoms. The van der Waals surface area contributed by atoms with Crippen LogP contribution in [0.3, 0.4) is 0 Å². The molecule has 0 aromatic carbocycles. The summed E-state index contributed by atoms with van der Waals surface area (Å²) in [4.78, 5) is 0. The molecular weight excluding hydrogens is 132 g/mol. The second-order valence-electron chi connectivity index (χ2n) is 2.11. The average molecular weight is 137 g/mol. The molecule has 0 aromatic rings. The van der Waals surface area contributed by atoms with Crippen LogP contribution < -0.4 is 0 Å². The van der Waals surface area contributed by atoms with Gasteiger partial charge in [0.2, 0.25) is 0 Å². The molecular formula is C8H5Cl. The Bertz CT molecular complexity index is 264. The molecule has 0 N–H and O–H groups in total. The average Bonchev–Trinajstić information content (AvgIpc) is 2.22. The van der Waals surface area contributed by atoms with Crippen LogP contribution in [-0.4, -0.2) is 0 Å². The fourth-order valence-corrected chi connectivity index (χ4v) is 1.28. The molecule has 0 aromatic heterocycles. The van der Waals surface area contributed by atoms with Crippen molar-refractivity contribution in [2.24, 2.45) is 0 Å². The van der Waals surface area contributed by atoms with Gasteiger partial charge in [-0.1, -0.05) is 29.8 Å². The van der Waals surface area contributed by atoms with E-state index in [4.69, 9.17) is 11.6 Å². The number of rotatable bonds is 0. The van der Waals surface area contributed by atoms with Gasteiger partial charge in [-0.25, -0.2) is 0 Å². The maximum atomic E-state index is 5.72. The Morgan fingerprint density at radius 2 is 2.00 bits per heavy atom. The molecule has 0 spiro atoms. The third kappa shape index (κ3) is 0.672. The minimum atomic E-state index is 0.834. The molecule has 2 aliphatic rings. The predicted molar refractivity (Wildman–Crippen MR) is 39.2 cm³/mol. The van der Waals surface area contributed by atoms with Crippen LogP contribution in [0.1, 0.15) is 0 Å². The van der Waals surface area contributed by atoms with E-state index in [2.05, 4.69) is 12.2 Å². The van der Waals surface area contributed by atoms with Crippen LogP contribution in [0, 0.1) is 0 Å². The minimum absolute atomic E-state index is 0.834. The SMILES string of the molecule is ClC1=CC2=CC=CC2=C1. The standard InChI is InChI=1S/C8H5Cl/c9-8-4-6-2-1-3-7(6)5-8/h1-5H. The molecule has 0 fully saturated rings. The highest BCUT2D eigenvalue weighted by Gasteiger charge is 2.09. The zero-order valence-electron chi connectivity index (χ0n) is 4.76. The van der Waals surface area contributed by atoms with Crippen molar-refractivity contribution in [2.45, 2.75) is 0 Å². The zero-order valence-corrected chi connectivity index (χ0v) is 5.52. The minimum Gasteiger partial charge on any atom is -0.0843 e. The van der Waals surface area contributed by atoms with Gasteiger partial charge in [-0.15, -0.1) is 0 Å². The first-order chi connectivity index (χ1) is 4.36. The van der Waals surface area contributed by atoms with Gasteiger partial charge < -0.3 is 0 Å². The van der Waals surface area contributed by atoms with Gasteiger partial charge in [-0.2, -0.15) is 0 Å². The summed E-state index contributed by atoms with van der Waals surface area (Å²) in [5, 5.41) is 0.834. The van der Waals surface area contributed by atoms with Crippen molar-refractivity contribution in [3.8, 4) is 0 Å². The van der Waals surface area contributed by atoms with Crippen LogP contribution in [0.25, 0.3) is 0 Å². The molecule has 0 unspecified atom stereocenters. The molecule has 0 atom stereocenters. The first-order valence-electron chi connectivity index (χ1n) is 2.84. The molecule has 2 aliphatic carbocycles. The van der Waals surface area contributed by atoms with Crippen LogP contribution in [0.4, 0.5) is 0 Å². The van der Waals surface area contributed by atoms with E-state index < -0.39 is 0 Å². The van der Waals surface area contributed by atoms with Crippen LogP contribution in [-0.2, 0) is 0 Å². The topological polar surface area (TPSA) is 0 Å². The molecule has 0 nitrogen and oxygen atoms in total. The van der Waals surface area contributed by atoms with Crippen molar-refractivity contribution in [1.29, 1.82) is 0 Å². The lowest BCUT2D eigenvalue weighted by molar-refractivity contribution is 1.69. The Kier molecular flexibility index (Phi) is 0.908. The molecule has 44 valence electrons. The zero-order chi connectivity index (χ0) is 6.27. The van der Waals surface area contributed by atoms with Gasteiger partial charge in [-0.3, -0.25) is 0 Å². The lowest BCUT2D eigenvalue weighted by Gasteiger charge is -1.85. The lowest BCUT2D eigenvalue weighted by Crippen LogP contribution is -1.67.